The monoisotopic (exact) mass is 406 g/mol. The van der Waals surface area contributed by atoms with Crippen molar-refractivity contribution in [3.63, 3.8) is 0 Å². The molecule has 0 spiro atoms. The Labute approximate surface area is 162 Å². The Morgan fingerprint density at radius 1 is 0.667 bits per heavy atom. The van der Waals surface area contributed by atoms with Crippen molar-refractivity contribution >= 4 is 0 Å². The number of rotatable bonds is 12. The van der Waals surface area contributed by atoms with Crippen LogP contribution in [0.2, 0.25) is 0 Å². The molecule has 0 saturated carbocycles. The van der Waals surface area contributed by atoms with E-state index in [2.05, 4.69) is 4.74 Å². The molecule has 0 aromatic rings. The quantitative estimate of drug-likeness (QED) is 0.165. The summed E-state index contributed by atoms with van der Waals surface area (Å²) >= 11 is 0. The van der Waals surface area contributed by atoms with E-state index in [1.54, 1.807) is 20.8 Å². The highest BCUT2D eigenvalue weighted by atomic mass is 16.5. The second kappa shape index (κ2) is 30.3. The Bertz CT molecular complexity index is 218. The van der Waals surface area contributed by atoms with Gasteiger partial charge in [0, 0.05) is 18.6 Å². The second-order valence-electron chi connectivity index (χ2n) is 5.93. The van der Waals surface area contributed by atoms with Crippen molar-refractivity contribution < 1.29 is 50.3 Å². The topological polar surface area (TPSA) is 180 Å². The summed E-state index contributed by atoms with van der Waals surface area (Å²) in [6.45, 7) is 6.66. The van der Waals surface area contributed by atoms with E-state index in [9.17, 15) is 0 Å². The van der Waals surface area contributed by atoms with Crippen LogP contribution < -0.4 is 0 Å². The Morgan fingerprint density at radius 3 is 1.26 bits per heavy atom. The van der Waals surface area contributed by atoms with Crippen LogP contribution in [0.3, 0.4) is 0 Å². The third-order valence-corrected chi connectivity index (χ3v) is 2.39. The van der Waals surface area contributed by atoms with Crippen LogP contribution in [-0.2, 0) is 9.47 Å². The van der Waals surface area contributed by atoms with Gasteiger partial charge >= 0.3 is 0 Å². The molecule has 27 heavy (non-hydrogen) atoms. The van der Waals surface area contributed by atoms with E-state index in [0.29, 0.717) is 26.2 Å². The van der Waals surface area contributed by atoms with Crippen LogP contribution in [0.4, 0.5) is 0 Å². The second-order valence-corrected chi connectivity index (χ2v) is 5.93. The van der Waals surface area contributed by atoms with Crippen LogP contribution in [-0.4, -0.2) is 120 Å². The van der Waals surface area contributed by atoms with E-state index in [1.165, 1.54) is 0 Å². The fourth-order valence-electron chi connectivity index (χ4n) is 0.658. The van der Waals surface area contributed by atoms with Crippen molar-refractivity contribution in [1.29, 1.82) is 0 Å². The molecule has 10 nitrogen and oxygen atoms in total. The van der Waals surface area contributed by atoms with Gasteiger partial charge in [0.2, 0.25) is 0 Å². The maximum absolute atomic E-state index is 8.43. The van der Waals surface area contributed by atoms with E-state index in [0.717, 1.165) is 0 Å². The minimum absolute atomic E-state index is 0.0139. The first-order chi connectivity index (χ1) is 12.8. The van der Waals surface area contributed by atoms with Crippen molar-refractivity contribution in [3.8, 4) is 0 Å². The lowest BCUT2D eigenvalue weighted by molar-refractivity contribution is 0.00729. The first-order valence-electron chi connectivity index (χ1n) is 8.82. The number of aliphatic hydroxyl groups excluding tert-OH is 8. The van der Waals surface area contributed by atoms with Crippen LogP contribution in [0, 0.1) is 5.41 Å². The van der Waals surface area contributed by atoms with Crippen molar-refractivity contribution in [2.24, 2.45) is 5.41 Å². The van der Waals surface area contributed by atoms with Crippen molar-refractivity contribution in [1.82, 2.24) is 0 Å². The summed E-state index contributed by atoms with van der Waals surface area (Å²) < 4.78 is 9.47. The Balaban J connectivity index is -0.000000132. The molecule has 0 aromatic carbocycles. The molecule has 0 amide bonds. The summed E-state index contributed by atoms with van der Waals surface area (Å²) in [6.07, 6.45) is 0.349. The van der Waals surface area contributed by atoms with Crippen molar-refractivity contribution in [2.45, 2.75) is 33.3 Å². The van der Waals surface area contributed by atoms with E-state index in [4.69, 9.17) is 45.6 Å². The van der Waals surface area contributed by atoms with Gasteiger partial charge in [0.25, 0.3) is 0 Å². The predicted octanol–water partition coefficient (Wildman–Crippen LogP) is -2.28. The van der Waals surface area contributed by atoms with Crippen LogP contribution in [0.15, 0.2) is 0 Å². The zero-order chi connectivity index (χ0) is 22.0. The van der Waals surface area contributed by atoms with Gasteiger partial charge in [0.05, 0.1) is 65.6 Å². The lowest BCUT2D eigenvalue weighted by atomic mass is 9.97. The molecule has 1 unspecified atom stereocenters. The largest absolute Gasteiger partial charge is 0.396 e. The minimum Gasteiger partial charge on any atom is -0.396 e. The lowest BCUT2D eigenvalue weighted by Gasteiger charge is -2.16. The lowest BCUT2D eigenvalue weighted by Crippen LogP contribution is -2.20. The van der Waals surface area contributed by atoms with Crippen LogP contribution in [0.25, 0.3) is 0 Å². The fraction of sp³-hybridized carbons (Fsp3) is 1.00. The zero-order valence-corrected chi connectivity index (χ0v) is 17.0. The SMILES string of the molecule is CC(C)(CO)CO.CC(CO)OCCO.OCCCO.OCCOCCO. The highest BCUT2D eigenvalue weighted by Gasteiger charge is 2.13. The first-order valence-corrected chi connectivity index (χ1v) is 8.82. The van der Waals surface area contributed by atoms with Gasteiger partial charge in [-0.05, 0) is 13.3 Å². The maximum atomic E-state index is 8.43. The first kappa shape index (κ1) is 34.1. The molecule has 0 bridgehead atoms. The third-order valence-electron chi connectivity index (χ3n) is 2.39. The zero-order valence-electron chi connectivity index (χ0n) is 17.0. The van der Waals surface area contributed by atoms with E-state index in [-0.39, 0.29) is 64.4 Å². The molecule has 0 heterocycles. The normalized spacial score (nSPS) is 11.2. The Hall–Kier alpha value is -0.400. The molecule has 0 aliphatic rings. The van der Waals surface area contributed by atoms with Gasteiger partial charge in [-0.3, -0.25) is 0 Å². The summed E-state index contributed by atoms with van der Waals surface area (Å²) in [5, 5.41) is 65.4. The summed E-state index contributed by atoms with van der Waals surface area (Å²) in [5.74, 6) is 0. The highest BCUT2D eigenvalue weighted by Crippen LogP contribution is 2.10. The molecule has 0 radical (unpaired) electrons. The molecule has 0 saturated heterocycles. The number of hydrogen-bond acceptors (Lipinski definition) is 10. The standard InChI is InChI=1S/C5H12O3.C5H12O2.C4H10O3.C3H8O2/c1-5(4-7)8-3-2-6;1-5(2,3-6)4-7;5-1-3-7-4-2-6;4-2-1-3-5/h5-7H,2-4H2,1H3;6-7H,3-4H2,1-2H3;5-6H,1-4H2;4-5H,1-3H2. The van der Waals surface area contributed by atoms with Gasteiger partial charge in [0.15, 0.2) is 0 Å². The van der Waals surface area contributed by atoms with Gasteiger partial charge in [-0.2, -0.15) is 0 Å². The molecule has 10 heteroatoms. The van der Waals surface area contributed by atoms with Gasteiger partial charge < -0.3 is 50.3 Å². The van der Waals surface area contributed by atoms with E-state index >= 15 is 0 Å². The molecule has 0 aliphatic heterocycles. The van der Waals surface area contributed by atoms with Crippen molar-refractivity contribution in [2.75, 3.05) is 72.7 Å². The van der Waals surface area contributed by atoms with Crippen LogP contribution in [0.1, 0.15) is 27.2 Å². The molecule has 0 aliphatic carbocycles. The van der Waals surface area contributed by atoms with Gasteiger partial charge in [-0.15, -0.1) is 0 Å². The molecular weight excluding hydrogens is 364 g/mol. The Morgan fingerprint density at radius 2 is 1.07 bits per heavy atom. The summed E-state index contributed by atoms with van der Waals surface area (Å²) in [7, 11) is 0. The van der Waals surface area contributed by atoms with Crippen LogP contribution >= 0.6 is 0 Å². The maximum Gasteiger partial charge on any atom is 0.0778 e. The average Bonchev–Trinajstić information content (AvgIpc) is 2.68. The highest BCUT2D eigenvalue weighted by molar-refractivity contribution is 4.62. The van der Waals surface area contributed by atoms with Gasteiger partial charge in [0.1, 0.15) is 0 Å². The molecule has 0 aromatic heterocycles. The van der Waals surface area contributed by atoms with Crippen LogP contribution in [0.5, 0.6) is 0 Å². The average molecular weight is 407 g/mol. The summed E-state index contributed by atoms with van der Waals surface area (Å²) in [6, 6.07) is 0. The number of hydrogen-bond donors (Lipinski definition) is 8. The Kier molecular flexibility index (Phi) is 38.3. The van der Waals surface area contributed by atoms with Gasteiger partial charge in [-0.1, -0.05) is 13.8 Å². The summed E-state index contributed by atoms with van der Waals surface area (Å²) in [4.78, 5) is 0. The molecule has 170 valence electrons. The molecule has 8 N–H and O–H groups in total. The minimum atomic E-state index is -0.306. The van der Waals surface area contributed by atoms with E-state index in [1.807, 2.05) is 0 Å². The van der Waals surface area contributed by atoms with E-state index < -0.39 is 0 Å². The third kappa shape index (κ3) is 46.0. The fourth-order valence-corrected chi connectivity index (χ4v) is 0.658. The molecule has 0 rings (SSSR count). The summed E-state index contributed by atoms with van der Waals surface area (Å²) in [5.41, 5.74) is -0.306. The van der Waals surface area contributed by atoms with Gasteiger partial charge in [-0.25, -0.2) is 0 Å². The molecular formula is C17H42O10. The predicted molar refractivity (Wildman–Crippen MR) is 101 cm³/mol. The number of aliphatic hydroxyl groups is 8. The van der Waals surface area contributed by atoms with Crippen molar-refractivity contribution in [3.05, 3.63) is 0 Å². The smallest absolute Gasteiger partial charge is 0.0778 e. The number of ether oxygens (including phenoxy) is 2. The molecule has 1 atom stereocenters. The molecule has 0 fully saturated rings.